The number of nitrogens with zero attached hydrogens (tertiary/aromatic N) is 1. The minimum absolute atomic E-state index is 0.0108. The molecule has 1 amide bonds. The molecule has 0 atom stereocenters. The Morgan fingerprint density at radius 1 is 1.36 bits per heavy atom. The summed E-state index contributed by atoms with van der Waals surface area (Å²) in [4.78, 5) is 24.8. The number of aliphatic carboxylic acids is 1. The van der Waals surface area contributed by atoms with Crippen LogP contribution in [0.5, 0.6) is 0 Å². The van der Waals surface area contributed by atoms with E-state index in [1.54, 1.807) is 0 Å². The fourth-order valence-electron chi connectivity index (χ4n) is 2.77. The molecule has 0 bridgehead atoms. The van der Waals surface area contributed by atoms with Crippen molar-refractivity contribution in [2.45, 2.75) is 38.3 Å². The molecule has 6 heteroatoms. The van der Waals surface area contributed by atoms with Gasteiger partial charge in [0, 0.05) is 16.6 Å². The minimum Gasteiger partial charge on any atom is -0.480 e. The van der Waals surface area contributed by atoms with Crippen molar-refractivity contribution >= 4 is 27.8 Å². The second-order valence-corrected chi connectivity index (χ2v) is 6.47. The van der Waals surface area contributed by atoms with Crippen molar-refractivity contribution in [1.82, 2.24) is 10.2 Å². The van der Waals surface area contributed by atoms with Gasteiger partial charge in [0.2, 0.25) is 5.91 Å². The maximum atomic E-state index is 12.1. The summed E-state index contributed by atoms with van der Waals surface area (Å²) in [7, 11) is 0. The Bertz CT molecular complexity index is 544. The first-order valence-corrected chi connectivity index (χ1v) is 8.27. The summed E-state index contributed by atoms with van der Waals surface area (Å²) in [6.45, 7) is 2.75. The molecule has 0 saturated heterocycles. The van der Waals surface area contributed by atoms with Crippen LogP contribution in [0.25, 0.3) is 0 Å². The molecular weight excluding hydrogens is 348 g/mol. The molecule has 0 aliphatic heterocycles. The van der Waals surface area contributed by atoms with Crippen LogP contribution in [0.4, 0.5) is 0 Å². The van der Waals surface area contributed by atoms with Crippen molar-refractivity contribution < 1.29 is 14.7 Å². The van der Waals surface area contributed by atoms with Gasteiger partial charge in [0.1, 0.15) is 0 Å². The molecule has 1 aliphatic rings. The summed E-state index contributed by atoms with van der Waals surface area (Å²) in [6.07, 6.45) is 2.00. The van der Waals surface area contributed by atoms with Crippen LogP contribution in [0.3, 0.4) is 0 Å². The van der Waals surface area contributed by atoms with Crippen LogP contribution in [-0.4, -0.2) is 47.1 Å². The lowest BCUT2D eigenvalue weighted by Gasteiger charge is -2.42. The molecular formula is C16H21BrN2O3. The van der Waals surface area contributed by atoms with Crippen molar-refractivity contribution in [3.05, 3.63) is 34.3 Å². The monoisotopic (exact) mass is 368 g/mol. The summed E-state index contributed by atoms with van der Waals surface area (Å²) in [6, 6.07) is 8.10. The molecule has 0 heterocycles. The van der Waals surface area contributed by atoms with E-state index in [2.05, 4.69) is 21.2 Å². The molecule has 0 unspecified atom stereocenters. The smallest absolute Gasteiger partial charge is 0.317 e. The van der Waals surface area contributed by atoms with Crippen LogP contribution in [-0.2, 0) is 16.0 Å². The van der Waals surface area contributed by atoms with E-state index in [0.717, 1.165) is 22.9 Å². The topological polar surface area (TPSA) is 69.6 Å². The average Bonchev–Trinajstić information content (AvgIpc) is 2.42. The van der Waals surface area contributed by atoms with Gasteiger partial charge in [0.05, 0.1) is 13.0 Å². The molecule has 0 spiro atoms. The van der Waals surface area contributed by atoms with E-state index in [1.807, 2.05) is 36.1 Å². The molecule has 2 rings (SSSR count). The maximum absolute atomic E-state index is 12.1. The van der Waals surface area contributed by atoms with E-state index in [1.165, 1.54) is 0 Å². The number of carboxylic acids is 1. The molecule has 1 saturated carbocycles. The van der Waals surface area contributed by atoms with Gasteiger partial charge in [-0.2, -0.15) is 0 Å². The number of nitrogens with one attached hydrogen (secondary N) is 1. The summed E-state index contributed by atoms with van der Waals surface area (Å²) in [5, 5.41) is 11.9. The van der Waals surface area contributed by atoms with E-state index in [4.69, 9.17) is 5.11 Å². The summed E-state index contributed by atoms with van der Waals surface area (Å²) in [5.41, 5.74) is 0.969. The number of benzene rings is 1. The predicted octanol–water partition coefficient (Wildman–Crippen LogP) is 2.05. The van der Waals surface area contributed by atoms with Crippen LogP contribution in [0.15, 0.2) is 28.7 Å². The number of hydrogen-bond donors (Lipinski definition) is 2. The quantitative estimate of drug-likeness (QED) is 0.772. The highest BCUT2D eigenvalue weighted by Gasteiger charge is 2.34. The lowest BCUT2D eigenvalue weighted by Crippen LogP contribution is -2.55. The number of carbonyl (C=O) groups is 2. The Kier molecular flexibility index (Phi) is 5.97. The van der Waals surface area contributed by atoms with Gasteiger partial charge in [0.25, 0.3) is 0 Å². The number of carboxylic acid groups (broad SMARTS) is 1. The average molecular weight is 369 g/mol. The highest BCUT2D eigenvalue weighted by Crippen LogP contribution is 2.26. The van der Waals surface area contributed by atoms with E-state index in [9.17, 15) is 9.59 Å². The fourth-order valence-corrected chi connectivity index (χ4v) is 3.20. The zero-order chi connectivity index (χ0) is 16.1. The highest BCUT2D eigenvalue weighted by molar-refractivity contribution is 9.10. The zero-order valence-electron chi connectivity index (χ0n) is 12.6. The normalized spacial score (nSPS) is 20.5. The maximum Gasteiger partial charge on any atom is 0.317 e. The van der Waals surface area contributed by atoms with E-state index in [-0.39, 0.29) is 24.5 Å². The Balaban J connectivity index is 1.76. The Labute approximate surface area is 138 Å². The van der Waals surface area contributed by atoms with E-state index >= 15 is 0 Å². The Morgan fingerprint density at radius 3 is 2.64 bits per heavy atom. The van der Waals surface area contributed by atoms with Crippen molar-refractivity contribution in [3.63, 3.8) is 0 Å². The third-order valence-electron chi connectivity index (χ3n) is 4.05. The summed E-state index contributed by atoms with van der Waals surface area (Å²) in [5.74, 6) is -0.792. The first-order chi connectivity index (χ1) is 10.5. The standard InChI is InChI=1S/C16H21BrN2O3/c1-2-19(10-16(21)22)13-8-12(9-13)18-15(20)7-11-5-3-4-6-14(11)17/h3-6,12-13H,2,7-10H2,1H3,(H,18,20)(H,21,22). The fraction of sp³-hybridized carbons (Fsp3) is 0.500. The highest BCUT2D eigenvalue weighted by atomic mass is 79.9. The van der Waals surface area contributed by atoms with Crippen molar-refractivity contribution in [2.75, 3.05) is 13.1 Å². The molecule has 5 nitrogen and oxygen atoms in total. The summed E-state index contributed by atoms with van der Waals surface area (Å²) >= 11 is 3.44. The predicted molar refractivity (Wildman–Crippen MR) is 87.7 cm³/mol. The number of rotatable bonds is 7. The van der Waals surface area contributed by atoms with Gasteiger partial charge in [0.15, 0.2) is 0 Å². The molecule has 0 radical (unpaired) electrons. The molecule has 2 N–H and O–H groups in total. The van der Waals surface area contributed by atoms with Crippen molar-refractivity contribution in [2.24, 2.45) is 0 Å². The number of carbonyl (C=O) groups excluding carboxylic acids is 1. The van der Waals surface area contributed by atoms with Crippen LogP contribution in [0.1, 0.15) is 25.3 Å². The van der Waals surface area contributed by atoms with Gasteiger partial charge in [-0.05, 0) is 31.0 Å². The SMILES string of the molecule is CCN(CC(=O)O)C1CC(NC(=O)Cc2ccccc2Br)C1. The molecule has 1 fully saturated rings. The van der Waals surface area contributed by atoms with Gasteiger partial charge >= 0.3 is 5.97 Å². The molecule has 120 valence electrons. The van der Waals surface area contributed by atoms with Crippen LogP contribution >= 0.6 is 15.9 Å². The zero-order valence-corrected chi connectivity index (χ0v) is 14.2. The van der Waals surface area contributed by atoms with Gasteiger partial charge in [-0.15, -0.1) is 0 Å². The van der Waals surface area contributed by atoms with Gasteiger partial charge in [-0.1, -0.05) is 41.1 Å². The molecule has 0 aromatic heterocycles. The van der Waals surface area contributed by atoms with Gasteiger partial charge in [-0.25, -0.2) is 0 Å². The molecule has 22 heavy (non-hydrogen) atoms. The van der Waals surface area contributed by atoms with Crippen molar-refractivity contribution in [1.29, 1.82) is 0 Å². The van der Waals surface area contributed by atoms with Crippen molar-refractivity contribution in [3.8, 4) is 0 Å². The summed E-state index contributed by atoms with van der Waals surface area (Å²) < 4.78 is 0.940. The lowest BCUT2D eigenvalue weighted by atomic mass is 9.85. The third kappa shape index (κ3) is 4.55. The largest absolute Gasteiger partial charge is 0.480 e. The van der Waals surface area contributed by atoms with E-state index < -0.39 is 5.97 Å². The second kappa shape index (κ2) is 7.74. The van der Waals surface area contributed by atoms with E-state index in [0.29, 0.717) is 13.0 Å². The molecule has 1 aliphatic carbocycles. The Morgan fingerprint density at radius 2 is 2.05 bits per heavy atom. The first-order valence-electron chi connectivity index (χ1n) is 7.48. The second-order valence-electron chi connectivity index (χ2n) is 5.61. The van der Waals surface area contributed by atoms with Gasteiger partial charge in [-0.3, -0.25) is 14.5 Å². The van der Waals surface area contributed by atoms with Gasteiger partial charge < -0.3 is 10.4 Å². The van der Waals surface area contributed by atoms with Crippen LogP contribution in [0.2, 0.25) is 0 Å². The third-order valence-corrected chi connectivity index (χ3v) is 4.82. The minimum atomic E-state index is -0.803. The van der Waals surface area contributed by atoms with Crippen LogP contribution in [0, 0.1) is 0 Å². The lowest BCUT2D eigenvalue weighted by molar-refractivity contribution is -0.139. The van der Waals surface area contributed by atoms with Crippen LogP contribution < -0.4 is 5.32 Å². The molecule has 1 aromatic rings. The number of hydrogen-bond acceptors (Lipinski definition) is 3. The Hall–Kier alpha value is -1.40. The number of halogens is 1. The number of likely N-dealkylation sites (N-methyl/N-ethyl adjacent to an activating group) is 1. The first kappa shape index (κ1) is 17.0. The molecule has 1 aromatic carbocycles. The number of amides is 1.